The molecule has 1 aromatic carbocycles. The fourth-order valence-corrected chi connectivity index (χ4v) is 2.54. The molecule has 3 nitrogen and oxygen atoms in total. The normalized spacial score (nSPS) is 19.9. The standard InChI is InChI=1S/C15H24N2O/c1-2-8-16-9-11-17(12-10-16)13-15(18)14-6-4-3-5-7-14/h3-7,15,18H,2,8-13H2,1H3. The number of hydrogen-bond acceptors (Lipinski definition) is 3. The fraction of sp³-hybridized carbons (Fsp3) is 0.600. The summed E-state index contributed by atoms with van der Waals surface area (Å²) in [7, 11) is 0. The van der Waals surface area contributed by atoms with Gasteiger partial charge < -0.3 is 10.0 Å². The SMILES string of the molecule is CCCN1CCN(CC(O)c2ccccc2)CC1. The van der Waals surface area contributed by atoms with Crippen molar-refractivity contribution in [2.45, 2.75) is 19.4 Å². The Bertz CT molecular complexity index is 334. The van der Waals surface area contributed by atoms with Crippen LogP contribution in [0.25, 0.3) is 0 Å². The van der Waals surface area contributed by atoms with Crippen molar-refractivity contribution in [3.05, 3.63) is 35.9 Å². The number of hydrogen-bond donors (Lipinski definition) is 1. The first-order valence-corrected chi connectivity index (χ1v) is 6.97. The van der Waals surface area contributed by atoms with Gasteiger partial charge in [-0.1, -0.05) is 37.3 Å². The molecule has 0 radical (unpaired) electrons. The van der Waals surface area contributed by atoms with Crippen LogP contribution in [-0.4, -0.2) is 54.2 Å². The molecule has 2 rings (SSSR count). The molecule has 0 spiro atoms. The van der Waals surface area contributed by atoms with Crippen LogP contribution in [0.2, 0.25) is 0 Å². The summed E-state index contributed by atoms with van der Waals surface area (Å²) >= 11 is 0. The molecule has 0 aromatic heterocycles. The van der Waals surface area contributed by atoms with E-state index in [0.29, 0.717) is 0 Å². The summed E-state index contributed by atoms with van der Waals surface area (Å²) in [6.45, 7) is 8.60. The van der Waals surface area contributed by atoms with Crippen LogP contribution in [0.1, 0.15) is 25.0 Å². The van der Waals surface area contributed by atoms with Gasteiger partial charge in [-0.05, 0) is 18.5 Å². The van der Waals surface area contributed by atoms with E-state index < -0.39 is 0 Å². The zero-order valence-electron chi connectivity index (χ0n) is 11.3. The molecular weight excluding hydrogens is 224 g/mol. The fourth-order valence-electron chi connectivity index (χ4n) is 2.54. The van der Waals surface area contributed by atoms with Gasteiger partial charge in [-0.15, -0.1) is 0 Å². The van der Waals surface area contributed by atoms with Crippen LogP contribution < -0.4 is 0 Å². The van der Waals surface area contributed by atoms with E-state index in [1.807, 2.05) is 30.3 Å². The number of aliphatic hydroxyl groups excluding tert-OH is 1. The van der Waals surface area contributed by atoms with Crippen LogP contribution in [0.3, 0.4) is 0 Å². The highest BCUT2D eigenvalue weighted by Gasteiger charge is 2.19. The van der Waals surface area contributed by atoms with Crippen molar-refractivity contribution in [2.75, 3.05) is 39.3 Å². The van der Waals surface area contributed by atoms with E-state index in [1.54, 1.807) is 0 Å². The van der Waals surface area contributed by atoms with Gasteiger partial charge in [0.05, 0.1) is 6.10 Å². The average molecular weight is 248 g/mol. The predicted octanol–water partition coefficient (Wildman–Crippen LogP) is 1.75. The van der Waals surface area contributed by atoms with Crippen LogP contribution in [0.5, 0.6) is 0 Å². The predicted molar refractivity (Wildman–Crippen MR) is 74.6 cm³/mol. The van der Waals surface area contributed by atoms with Gasteiger partial charge in [-0.25, -0.2) is 0 Å². The van der Waals surface area contributed by atoms with Crippen molar-refractivity contribution >= 4 is 0 Å². The zero-order chi connectivity index (χ0) is 12.8. The van der Waals surface area contributed by atoms with Crippen molar-refractivity contribution < 1.29 is 5.11 Å². The Labute approximate surface area is 110 Å². The number of piperazine rings is 1. The largest absolute Gasteiger partial charge is 0.387 e. The minimum absolute atomic E-state index is 0.357. The molecule has 1 fully saturated rings. The van der Waals surface area contributed by atoms with E-state index in [0.717, 1.165) is 38.3 Å². The maximum absolute atomic E-state index is 10.2. The molecule has 1 aliphatic rings. The van der Waals surface area contributed by atoms with E-state index >= 15 is 0 Å². The highest BCUT2D eigenvalue weighted by molar-refractivity contribution is 5.17. The van der Waals surface area contributed by atoms with Crippen LogP contribution >= 0.6 is 0 Å². The second-order valence-corrected chi connectivity index (χ2v) is 5.07. The van der Waals surface area contributed by atoms with Gasteiger partial charge in [0.1, 0.15) is 0 Å². The van der Waals surface area contributed by atoms with Crippen LogP contribution in [0.4, 0.5) is 0 Å². The quantitative estimate of drug-likeness (QED) is 0.860. The molecule has 0 bridgehead atoms. The summed E-state index contributed by atoms with van der Waals surface area (Å²) < 4.78 is 0. The molecule has 1 saturated heterocycles. The molecule has 0 aliphatic carbocycles. The molecule has 1 unspecified atom stereocenters. The first kappa shape index (κ1) is 13.5. The van der Waals surface area contributed by atoms with E-state index in [9.17, 15) is 5.11 Å². The molecular formula is C15H24N2O. The lowest BCUT2D eigenvalue weighted by atomic mass is 10.1. The van der Waals surface area contributed by atoms with Crippen molar-refractivity contribution in [1.29, 1.82) is 0 Å². The van der Waals surface area contributed by atoms with Crippen LogP contribution in [0.15, 0.2) is 30.3 Å². The number of aliphatic hydroxyl groups is 1. The maximum atomic E-state index is 10.2. The van der Waals surface area contributed by atoms with Crippen LogP contribution in [0, 0.1) is 0 Å². The molecule has 100 valence electrons. The lowest BCUT2D eigenvalue weighted by Crippen LogP contribution is -2.47. The van der Waals surface area contributed by atoms with Gasteiger partial charge >= 0.3 is 0 Å². The van der Waals surface area contributed by atoms with Gasteiger partial charge in [0.2, 0.25) is 0 Å². The van der Waals surface area contributed by atoms with E-state index in [4.69, 9.17) is 0 Å². The number of benzene rings is 1. The Hall–Kier alpha value is -0.900. The second kappa shape index (κ2) is 6.88. The van der Waals surface area contributed by atoms with Gasteiger partial charge in [-0.3, -0.25) is 4.90 Å². The minimum Gasteiger partial charge on any atom is -0.387 e. The number of β-amino-alcohol motifs (C(OH)–C–C–N with tert-alkyl or cyclic N) is 1. The average Bonchev–Trinajstić information content (AvgIpc) is 2.42. The van der Waals surface area contributed by atoms with Crippen LogP contribution in [-0.2, 0) is 0 Å². The van der Waals surface area contributed by atoms with Gasteiger partial charge in [0.15, 0.2) is 0 Å². The molecule has 1 heterocycles. The number of rotatable bonds is 5. The molecule has 1 N–H and O–H groups in total. The Morgan fingerprint density at radius 3 is 2.28 bits per heavy atom. The van der Waals surface area contributed by atoms with Crippen molar-refractivity contribution in [1.82, 2.24) is 9.80 Å². The lowest BCUT2D eigenvalue weighted by molar-refractivity contribution is 0.0726. The minimum atomic E-state index is -0.357. The second-order valence-electron chi connectivity index (χ2n) is 5.07. The molecule has 1 aromatic rings. The van der Waals surface area contributed by atoms with Gasteiger partial charge in [0, 0.05) is 32.7 Å². The molecule has 1 aliphatic heterocycles. The molecule has 0 saturated carbocycles. The summed E-state index contributed by atoms with van der Waals surface area (Å²) in [6.07, 6.45) is 0.871. The molecule has 3 heteroatoms. The molecule has 18 heavy (non-hydrogen) atoms. The smallest absolute Gasteiger partial charge is 0.0916 e. The van der Waals surface area contributed by atoms with E-state index in [-0.39, 0.29) is 6.10 Å². The summed E-state index contributed by atoms with van der Waals surface area (Å²) in [5.74, 6) is 0. The summed E-state index contributed by atoms with van der Waals surface area (Å²) in [5.41, 5.74) is 1.02. The Balaban J connectivity index is 1.78. The third-order valence-corrected chi connectivity index (χ3v) is 3.62. The highest BCUT2D eigenvalue weighted by atomic mass is 16.3. The van der Waals surface area contributed by atoms with E-state index in [2.05, 4.69) is 16.7 Å². The first-order valence-electron chi connectivity index (χ1n) is 6.97. The van der Waals surface area contributed by atoms with Crippen molar-refractivity contribution in [2.24, 2.45) is 0 Å². The summed E-state index contributed by atoms with van der Waals surface area (Å²) in [4.78, 5) is 4.87. The molecule has 0 amide bonds. The van der Waals surface area contributed by atoms with Crippen molar-refractivity contribution in [3.63, 3.8) is 0 Å². The Morgan fingerprint density at radius 1 is 1.06 bits per heavy atom. The highest BCUT2D eigenvalue weighted by Crippen LogP contribution is 2.14. The first-order chi connectivity index (χ1) is 8.79. The topological polar surface area (TPSA) is 26.7 Å². The van der Waals surface area contributed by atoms with Gasteiger partial charge in [0.25, 0.3) is 0 Å². The number of nitrogens with zero attached hydrogens (tertiary/aromatic N) is 2. The zero-order valence-corrected chi connectivity index (χ0v) is 11.3. The summed E-state index contributed by atoms with van der Waals surface area (Å²) in [6, 6.07) is 9.95. The Morgan fingerprint density at radius 2 is 1.67 bits per heavy atom. The summed E-state index contributed by atoms with van der Waals surface area (Å²) in [5, 5.41) is 10.2. The monoisotopic (exact) mass is 248 g/mol. The van der Waals surface area contributed by atoms with Crippen molar-refractivity contribution in [3.8, 4) is 0 Å². The lowest BCUT2D eigenvalue weighted by Gasteiger charge is -2.35. The third-order valence-electron chi connectivity index (χ3n) is 3.62. The van der Waals surface area contributed by atoms with Gasteiger partial charge in [-0.2, -0.15) is 0 Å². The maximum Gasteiger partial charge on any atom is 0.0916 e. The Kier molecular flexibility index (Phi) is 5.17. The van der Waals surface area contributed by atoms with E-state index in [1.165, 1.54) is 13.0 Å². The molecule has 1 atom stereocenters. The third kappa shape index (κ3) is 3.80.